The summed E-state index contributed by atoms with van der Waals surface area (Å²) in [7, 11) is 0. The molecule has 0 saturated heterocycles. The SMILES string of the molecule is Cl.Nc1ccc2c(c1)OC1(CCCC1)O2. The molecule has 1 heterocycles. The second kappa shape index (κ2) is 3.49. The van der Waals surface area contributed by atoms with E-state index in [4.69, 9.17) is 15.2 Å². The van der Waals surface area contributed by atoms with Crippen LogP contribution in [-0.4, -0.2) is 5.79 Å². The molecule has 0 radical (unpaired) electrons. The first kappa shape index (κ1) is 10.4. The van der Waals surface area contributed by atoms with Crippen molar-refractivity contribution >= 4 is 18.1 Å². The molecule has 1 aliphatic heterocycles. The largest absolute Gasteiger partial charge is 0.448 e. The van der Waals surface area contributed by atoms with Gasteiger partial charge < -0.3 is 15.2 Å². The van der Waals surface area contributed by atoms with Crippen LogP contribution in [0.3, 0.4) is 0 Å². The summed E-state index contributed by atoms with van der Waals surface area (Å²) in [4.78, 5) is 0. The highest BCUT2D eigenvalue weighted by Crippen LogP contribution is 2.46. The van der Waals surface area contributed by atoms with Crippen molar-refractivity contribution in [1.29, 1.82) is 0 Å². The van der Waals surface area contributed by atoms with Crippen LogP contribution in [0, 0.1) is 0 Å². The molecule has 82 valence electrons. The number of anilines is 1. The average Bonchev–Trinajstić information content (AvgIpc) is 2.72. The molecular formula is C11H14ClNO2. The minimum Gasteiger partial charge on any atom is -0.448 e. The van der Waals surface area contributed by atoms with Crippen LogP contribution in [0.25, 0.3) is 0 Å². The van der Waals surface area contributed by atoms with Crippen LogP contribution in [0.4, 0.5) is 5.69 Å². The van der Waals surface area contributed by atoms with Crippen LogP contribution in [0.15, 0.2) is 18.2 Å². The first-order chi connectivity index (χ1) is 6.77. The molecular weight excluding hydrogens is 214 g/mol. The van der Waals surface area contributed by atoms with Gasteiger partial charge in [-0.15, -0.1) is 12.4 Å². The van der Waals surface area contributed by atoms with E-state index in [-0.39, 0.29) is 18.2 Å². The van der Waals surface area contributed by atoms with E-state index >= 15 is 0 Å². The van der Waals surface area contributed by atoms with Gasteiger partial charge in [-0.05, 0) is 25.0 Å². The first-order valence-electron chi connectivity index (χ1n) is 5.05. The summed E-state index contributed by atoms with van der Waals surface area (Å²) in [5.74, 6) is 1.27. The van der Waals surface area contributed by atoms with E-state index in [9.17, 15) is 0 Å². The van der Waals surface area contributed by atoms with Gasteiger partial charge >= 0.3 is 0 Å². The van der Waals surface area contributed by atoms with Crippen molar-refractivity contribution in [3.8, 4) is 11.5 Å². The Morgan fingerprint density at radius 3 is 2.47 bits per heavy atom. The number of benzene rings is 1. The summed E-state index contributed by atoms with van der Waals surface area (Å²) in [5, 5.41) is 0. The number of hydrogen-bond donors (Lipinski definition) is 1. The maximum absolute atomic E-state index is 5.83. The molecule has 15 heavy (non-hydrogen) atoms. The number of nitrogen functional groups attached to an aromatic ring is 1. The molecule has 3 rings (SSSR count). The van der Waals surface area contributed by atoms with Crippen LogP contribution >= 0.6 is 12.4 Å². The highest BCUT2D eigenvalue weighted by atomic mass is 35.5. The van der Waals surface area contributed by atoms with Gasteiger partial charge in [-0.25, -0.2) is 0 Å². The molecule has 0 bridgehead atoms. The molecule has 1 aliphatic carbocycles. The predicted octanol–water partition coefficient (Wildman–Crippen LogP) is 2.73. The van der Waals surface area contributed by atoms with Crippen molar-refractivity contribution in [2.24, 2.45) is 0 Å². The normalized spacial score (nSPS) is 20.3. The Balaban J connectivity index is 0.000000853. The Kier molecular flexibility index (Phi) is 2.43. The fraction of sp³-hybridized carbons (Fsp3) is 0.455. The molecule has 0 amide bonds. The van der Waals surface area contributed by atoms with Crippen LogP contribution in [0.1, 0.15) is 25.7 Å². The molecule has 4 heteroatoms. The van der Waals surface area contributed by atoms with E-state index in [0.29, 0.717) is 0 Å². The van der Waals surface area contributed by atoms with Crippen LogP contribution in [0.5, 0.6) is 11.5 Å². The first-order valence-corrected chi connectivity index (χ1v) is 5.05. The quantitative estimate of drug-likeness (QED) is 0.694. The van der Waals surface area contributed by atoms with Gasteiger partial charge in [0.25, 0.3) is 5.79 Å². The maximum atomic E-state index is 5.83. The van der Waals surface area contributed by atoms with Gasteiger partial charge in [0, 0.05) is 24.6 Å². The maximum Gasteiger partial charge on any atom is 0.251 e. The van der Waals surface area contributed by atoms with Crippen molar-refractivity contribution in [3.63, 3.8) is 0 Å². The Bertz CT molecular complexity index is 375. The van der Waals surface area contributed by atoms with Gasteiger partial charge in [0.2, 0.25) is 0 Å². The lowest BCUT2D eigenvalue weighted by molar-refractivity contribution is -0.0716. The highest BCUT2D eigenvalue weighted by Gasteiger charge is 2.43. The number of ether oxygens (including phenoxy) is 2. The topological polar surface area (TPSA) is 44.5 Å². The third-order valence-corrected chi connectivity index (χ3v) is 2.93. The molecule has 1 aromatic rings. The van der Waals surface area contributed by atoms with E-state index in [2.05, 4.69) is 0 Å². The minimum atomic E-state index is -0.365. The van der Waals surface area contributed by atoms with Crippen molar-refractivity contribution in [2.45, 2.75) is 31.5 Å². The molecule has 1 spiro atoms. The van der Waals surface area contributed by atoms with E-state index in [0.717, 1.165) is 30.0 Å². The fourth-order valence-electron chi connectivity index (χ4n) is 2.23. The summed E-state index contributed by atoms with van der Waals surface area (Å²) in [6, 6.07) is 5.57. The molecule has 0 aromatic heterocycles. The van der Waals surface area contributed by atoms with Crippen molar-refractivity contribution in [3.05, 3.63) is 18.2 Å². The summed E-state index contributed by atoms with van der Waals surface area (Å²) in [6.07, 6.45) is 4.34. The minimum absolute atomic E-state index is 0. The Hall–Kier alpha value is -1.09. The zero-order chi connectivity index (χ0) is 9.60. The lowest BCUT2D eigenvalue weighted by Crippen LogP contribution is -2.34. The lowest BCUT2D eigenvalue weighted by Gasteiger charge is -2.21. The summed E-state index contributed by atoms with van der Waals surface area (Å²) < 4.78 is 11.7. The number of fused-ring (bicyclic) bond motifs is 1. The molecule has 3 nitrogen and oxygen atoms in total. The van der Waals surface area contributed by atoms with E-state index in [1.807, 2.05) is 18.2 Å². The lowest BCUT2D eigenvalue weighted by atomic mass is 10.2. The molecule has 1 saturated carbocycles. The van der Waals surface area contributed by atoms with E-state index < -0.39 is 0 Å². The van der Waals surface area contributed by atoms with Crippen LogP contribution in [0.2, 0.25) is 0 Å². The molecule has 1 aromatic carbocycles. The van der Waals surface area contributed by atoms with Crippen molar-refractivity contribution in [1.82, 2.24) is 0 Å². The Morgan fingerprint density at radius 2 is 1.73 bits per heavy atom. The number of halogens is 1. The number of nitrogens with two attached hydrogens (primary N) is 1. The summed E-state index contributed by atoms with van der Waals surface area (Å²) in [6.45, 7) is 0. The van der Waals surface area contributed by atoms with Crippen molar-refractivity contribution < 1.29 is 9.47 Å². The zero-order valence-electron chi connectivity index (χ0n) is 8.36. The molecule has 0 unspecified atom stereocenters. The van der Waals surface area contributed by atoms with Gasteiger partial charge in [0.05, 0.1) is 0 Å². The van der Waals surface area contributed by atoms with Crippen LogP contribution in [-0.2, 0) is 0 Å². The summed E-state index contributed by atoms with van der Waals surface area (Å²) in [5.41, 5.74) is 6.41. The second-order valence-corrected chi connectivity index (χ2v) is 4.03. The zero-order valence-corrected chi connectivity index (χ0v) is 9.18. The third kappa shape index (κ3) is 1.61. The second-order valence-electron chi connectivity index (χ2n) is 4.03. The molecule has 2 N–H and O–H groups in total. The van der Waals surface area contributed by atoms with Gasteiger partial charge in [0.15, 0.2) is 11.5 Å². The molecule has 1 fully saturated rings. The fourth-order valence-corrected chi connectivity index (χ4v) is 2.23. The monoisotopic (exact) mass is 227 g/mol. The number of hydrogen-bond acceptors (Lipinski definition) is 3. The van der Waals surface area contributed by atoms with Crippen LogP contribution < -0.4 is 15.2 Å². The predicted molar refractivity (Wildman–Crippen MR) is 60.6 cm³/mol. The Labute approximate surface area is 95.0 Å². The third-order valence-electron chi connectivity index (χ3n) is 2.93. The van der Waals surface area contributed by atoms with Gasteiger partial charge in [-0.1, -0.05) is 0 Å². The number of rotatable bonds is 0. The molecule has 2 aliphatic rings. The standard InChI is InChI=1S/C11H13NO2.ClH/c12-8-3-4-9-10(7-8)14-11(13-9)5-1-2-6-11;/h3-4,7H,1-2,5-6,12H2;1H. The van der Waals surface area contributed by atoms with Gasteiger partial charge in [-0.2, -0.15) is 0 Å². The van der Waals surface area contributed by atoms with Gasteiger partial charge in [-0.3, -0.25) is 0 Å². The smallest absolute Gasteiger partial charge is 0.251 e. The highest BCUT2D eigenvalue weighted by molar-refractivity contribution is 5.85. The van der Waals surface area contributed by atoms with E-state index in [1.54, 1.807) is 0 Å². The van der Waals surface area contributed by atoms with E-state index in [1.165, 1.54) is 12.8 Å². The molecule has 0 atom stereocenters. The summed E-state index contributed by atoms with van der Waals surface area (Å²) >= 11 is 0. The Morgan fingerprint density at radius 1 is 1.07 bits per heavy atom. The van der Waals surface area contributed by atoms with Gasteiger partial charge in [0.1, 0.15) is 0 Å². The average molecular weight is 228 g/mol. The van der Waals surface area contributed by atoms with Crippen molar-refractivity contribution in [2.75, 3.05) is 5.73 Å².